The molecule has 0 spiro atoms. The number of carbonyl (C=O) groups excluding carboxylic acids is 2. The van der Waals surface area contributed by atoms with Gasteiger partial charge in [-0.3, -0.25) is 18.7 Å². The van der Waals surface area contributed by atoms with E-state index in [9.17, 15) is 29.4 Å². The van der Waals surface area contributed by atoms with E-state index < -0.39 is 60.7 Å². The zero-order chi connectivity index (χ0) is 32.5. The summed E-state index contributed by atoms with van der Waals surface area (Å²) in [6.45, 7) is 4.05. The zero-order valence-electron chi connectivity index (χ0n) is 25.6. The minimum atomic E-state index is -1.40. The van der Waals surface area contributed by atoms with Crippen LogP contribution in [0.2, 0.25) is 0 Å². The van der Waals surface area contributed by atoms with Crippen molar-refractivity contribution < 1.29 is 34.0 Å². The number of aromatic nitrogens is 2. The second-order valence-electron chi connectivity index (χ2n) is 12.4. The topological polar surface area (TPSA) is 146 Å². The maximum absolute atomic E-state index is 13.3. The van der Waals surface area contributed by atoms with Gasteiger partial charge in [0.25, 0.3) is 5.56 Å². The highest BCUT2D eigenvalue weighted by Crippen LogP contribution is 2.44. The Balaban J connectivity index is 1.17. The van der Waals surface area contributed by atoms with E-state index in [-0.39, 0.29) is 25.5 Å². The van der Waals surface area contributed by atoms with Gasteiger partial charge in [0.2, 0.25) is 0 Å². The average Bonchev–Trinajstić information content (AvgIpc) is 3.47. The number of ether oxygens (including phenoxy) is 3. The van der Waals surface area contributed by atoms with E-state index in [0.29, 0.717) is 6.42 Å². The Morgan fingerprint density at radius 1 is 1.00 bits per heavy atom. The van der Waals surface area contributed by atoms with E-state index >= 15 is 0 Å². The predicted octanol–water partition coefficient (Wildman–Crippen LogP) is 3.25. The molecule has 1 fully saturated rings. The van der Waals surface area contributed by atoms with Crippen LogP contribution < -0.4 is 11.2 Å². The number of hydrogen-bond donors (Lipinski definition) is 2. The lowest BCUT2D eigenvalue weighted by Gasteiger charge is -2.20. The van der Waals surface area contributed by atoms with Gasteiger partial charge in [0, 0.05) is 24.7 Å². The lowest BCUT2D eigenvalue weighted by molar-refractivity contribution is -0.144. The number of rotatable bonds is 10. The van der Waals surface area contributed by atoms with Crippen molar-refractivity contribution in [3.63, 3.8) is 0 Å². The number of aliphatic hydroxyl groups excluding tert-OH is 2. The number of aliphatic hydroxyl groups is 2. The van der Waals surface area contributed by atoms with Crippen molar-refractivity contribution in [2.24, 2.45) is 5.92 Å². The van der Waals surface area contributed by atoms with Crippen LogP contribution in [0.15, 0.2) is 70.4 Å². The Morgan fingerprint density at radius 3 is 2.24 bits per heavy atom. The van der Waals surface area contributed by atoms with E-state index in [4.69, 9.17) is 14.2 Å². The standard InChI is InChI=1S/C33H39N2O9P/c1-20(31(39)44-33(41)42-19-25-23-11-7-5-9-21(23)22-10-6-8-12-24(22)25)13-16-34-27(36)14-17-35(32(34)40)30-29(38)28(37)26(43-30)15-18-45(2,3)4/h5-12,14,17,20,25-26,28-30,37-38H,2,13,15-16,18-19H2,1,3-4H3/t20?,26?,28-,29-,30-/m1/s1. The molecule has 1 aromatic heterocycles. The summed E-state index contributed by atoms with van der Waals surface area (Å²) in [6.07, 6.45) is 0.988. The number of carbonyl (C=O) groups is 2. The van der Waals surface area contributed by atoms with Gasteiger partial charge in [0.1, 0.15) is 18.8 Å². The molecule has 2 aliphatic rings. The first-order chi connectivity index (χ1) is 21.4. The van der Waals surface area contributed by atoms with Gasteiger partial charge in [-0.1, -0.05) is 55.5 Å². The first-order valence-electron chi connectivity index (χ1n) is 14.9. The van der Waals surface area contributed by atoms with Crippen molar-refractivity contribution >= 4 is 25.3 Å². The van der Waals surface area contributed by atoms with Crippen LogP contribution in [0.4, 0.5) is 4.79 Å². The van der Waals surface area contributed by atoms with E-state index in [2.05, 4.69) is 19.6 Å². The first-order valence-corrected chi connectivity index (χ1v) is 18.0. The van der Waals surface area contributed by atoms with Crippen LogP contribution in [0.3, 0.4) is 0 Å². The molecule has 3 aromatic rings. The van der Waals surface area contributed by atoms with E-state index in [1.54, 1.807) is 0 Å². The molecular formula is C33H39N2O9P. The Bertz CT molecular complexity index is 1700. The molecule has 1 aliphatic heterocycles. The summed E-state index contributed by atoms with van der Waals surface area (Å²) in [5, 5.41) is 21.2. The van der Waals surface area contributed by atoms with Crippen LogP contribution in [0, 0.1) is 5.92 Å². The van der Waals surface area contributed by atoms with E-state index in [1.807, 2.05) is 48.5 Å². The lowest BCUT2D eigenvalue weighted by atomic mass is 9.98. The Labute approximate surface area is 261 Å². The maximum atomic E-state index is 13.3. The molecule has 5 rings (SSSR count). The van der Waals surface area contributed by atoms with Crippen LogP contribution in [-0.4, -0.2) is 82.2 Å². The monoisotopic (exact) mass is 638 g/mol. The third kappa shape index (κ3) is 7.07. The molecule has 11 nitrogen and oxygen atoms in total. The number of benzene rings is 2. The summed E-state index contributed by atoms with van der Waals surface area (Å²) in [6, 6.07) is 16.9. The Kier molecular flexibility index (Phi) is 9.65. The Hall–Kier alpha value is -3.76. The third-order valence-electron chi connectivity index (χ3n) is 8.43. The van der Waals surface area contributed by atoms with Crippen molar-refractivity contribution in [3.8, 4) is 11.1 Å². The number of nitrogens with zero attached hydrogens (tertiary/aromatic N) is 2. The SMILES string of the molecule is C=P(C)(C)CCC1O[C@@H](n2ccc(=O)n(CCC(C)C(=O)OC(=O)OCC3c4ccccc4-c4ccccc43)c2=O)[C@H](O)[C@@H]1O. The fourth-order valence-corrected chi connectivity index (χ4v) is 6.80. The molecule has 240 valence electrons. The number of esters is 1. The van der Waals surface area contributed by atoms with Crippen LogP contribution in [-0.2, 0) is 25.5 Å². The fourth-order valence-electron chi connectivity index (χ4n) is 5.85. The molecule has 5 atom stereocenters. The van der Waals surface area contributed by atoms with Gasteiger partial charge < -0.3 is 24.4 Å². The molecule has 0 amide bonds. The predicted molar refractivity (Wildman–Crippen MR) is 171 cm³/mol. The molecule has 45 heavy (non-hydrogen) atoms. The number of fused-ring (bicyclic) bond motifs is 3. The van der Waals surface area contributed by atoms with Crippen molar-refractivity contribution in [2.45, 2.75) is 56.8 Å². The smallest absolute Gasteiger partial charge is 0.433 e. The summed E-state index contributed by atoms with van der Waals surface area (Å²) in [5.41, 5.74) is 2.81. The van der Waals surface area contributed by atoms with E-state index in [0.717, 1.165) is 43.6 Å². The minimum absolute atomic E-state index is 0.00718. The first kappa shape index (κ1) is 32.6. The second kappa shape index (κ2) is 13.3. The molecule has 2 N–H and O–H groups in total. The molecular weight excluding hydrogens is 599 g/mol. The number of hydrogen-bond acceptors (Lipinski definition) is 9. The minimum Gasteiger partial charge on any atom is -0.433 e. The summed E-state index contributed by atoms with van der Waals surface area (Å²) in [7, 11) is 0. The van der Waals surface area contributed by atoms with Crippen LogP contribution in [0.1, 0.15) is 43.0 Å². The van der Waals surface area contributed by atoms with Crippen molar-refractivity contribution in [1.29, 1.82) is 0 Å². The highest BCUT2D eigenvalue weighted by molar-refractivity contribution is 7.72. The molecule has 12 heteroatoms. The van der Waals surface area contributed by atoms with Crippen LogP contribution in [0.25, 0.3) is 11.1 Å². The highest BCUT2D eigenvalue weighted by Gasteiger charge is 2.44. The molecule has 2 unspecified atom stereocenters. The molecule has 0 radical (unpaired) electrons. The third-order valence-corrected chi connectivity index (χ3v) is 9.90. The van der Waals surface area contributed by atoms with Gasteiger partial charge >= 0.3 is 17.8 Å². The molecule has 1 aliphatic carbocycles. The average molecular weight is 639 g/mol. The van der Waals surface area contributed by atoms with Crippen molar-refractivity contribution in [2.75, 3.05) is 26.1 Å². The fraction of sp³-hybridized carbons (Fsp3) is 0.424. The highest BCUT2D eigenvalue weighted by atomic mass is 31.2. The molecule has 2 heterocycles. The quantitative estimate of drug-likeness (QED) is 0.194. The molecule has 1 saturated heterocycles. The van der Waals surface area contributed by atoms with Crippen LogP contribution in [0.5, 0.6) is 0 Å². The molecule has 0 bridgehead atoms. The van der Waals surface area contributed by atoms with E-state index in [1.165, 1.54) is 13.1 Å². The molecule has 0 saturated carbocycles. The maximum Gasteiger partial charge on any atom is 0.516 e. The zero-order valence-corrected chi connectivity index (χ0v) is 26.5. The largest absolute Gasteiger partial charge is 0.516 e. The normalized spacial score (nSPS) is 21.6. The van der Waals surface area contributed by atoms with Gasteiger partial charge in [-0.2, -0.15) is 0 Å². The second-order valence-corrected chi connectivity index (χ2v) is 16.7. The van der Waals surface area contributed by atoms with Gasteiger partial charge in [0.15, 0.2) is 6.23 Å². The van der Waals surface area contributed by atoms with Crippen molar-refractivity contribution in [3.05, 3.63) is 92.8 Å². The van der Waals surface area contributed by atoms with Crippen molar-refractivity contribution in [1.82, 2.24) is 9.13 Å². The van der Waals surface area contributed by atoms with Gasteiger partial charge in [-0.15, -0.1) is 13.2 Å². The van der Waals surface area contributed by atoms with Gasteiger partial charge in [-0.25, -0.2) is 9.59 Å². The van der Waals surface area contributed by atoms with Gasteiger partial charge in [0.05, 0.1) is 12.0 Å². The van der Waals surface area contributed by atoms with Crippen LogP contribution >= 0.6 is 6.89 Å². The molecule has 2 aromatic carbocycles. The Morgan fingerprint density at radius 2 is 1.62 bits per heavy atom. The summed E-state index contributed by atoms with van der Waals surface area (Å²) in [4.78, 5) is 51.0. The summed E-state index contributed by atoms with van der Waals surface area (Å²) >= 11 is 0. The summed E-state index contributed by atoms with van der Waals surface area (Å²) < 4.78 is 18.1. The lowest BCUT2D eigenvalue weighted by Crippen LogP contribution is -2.43. The summed E-state index contributed by atoms with van der Waals surface area (Å²) in [5.74, 6) is -1.90. The van der Waals surface area contributed by atoms with Gasteiger partial charge in [-0.05, 0) is 54.6 Å².